The fourth-order valence-electron chi connectivity index (χ4n) is 3.07. The van der Waals surface area contributed by atoms with Crippen LogP contribution in [0.25, 0.3) is 0 Å². The van der Waals surface area contributed by atoms with E-state index in [-0.39, 0.29) is 11.4 Å². The van der Waals surface area contributed by atoms with Crippen LogP contribution in [0.4, 0.5) is 4.39 Å². The van der Waals surface area contributed by atoms with Gasteiger partial charge in [0, 0.05) is 16.4 Å². The van der Waals surface area contributed by atoms with Crippen molar-refractivity contribution in [1.29, 1.82) is 0 Å². The summed E-state index contributed by atoms with van der Waals surface area (Å²) < 4.78 is 14.2. The molecular weight excluding hydrogens is 321 g/mol. The topological polar surface area (TPSA) is 23.5 Å². The first-order chi connectivity index (χ1) is 9.45. The molecule has 2 nitrogen and oxygen atoms in total. The van der Waals surface area contributed by atoms with Crippen LogP contribution in [0, 0.1) is 5.82 Å². The Labute approximate surface area is 129 Å². The number of rotatable bonds is 5. The molecule has 1 aliphatic heterocycles. The monoisotopic (exact) mass is 343 g/mol. The molecule has 1 aromatic carbocycles. The van der Waals surface area contributed by atoms with E-state index in [9.17, 15) is 9.50 Å². The molecule has 0 saturated carbocycles. The van der Waals surface area contributed by atoms with Gasteiger partial charge in [-0.3, -0.25) is 4.90 Å². The van der Waals surface area contributed by atoms with Gasteiger partial charge in [-0.2, -0.15) is 0 Å². The molecule has 2 unspecified atom stereocenters. The number of hydrogen-bond donors (Lipinski definition) is 1. The number of aliphatic hydroxyl groups excluding tert-OH is 1. The van der Waals surface area contributed by atoms with Gasteiger partial charge in [0.05, 0.1) is 6.10 Å². The SMILES string of the molecule is CCC(C)(C(O)Cc1cc(F)cc(Br)c1)N1CCCC1. The minimum absolute atomic E-state index is 0.227. The van der Waals surface area contributed by atoms with E-state index in [2.05, 4.69) is 34.7 Å². The van der Waals surface area contributed by atoms with Crippen LogP contribution in [-0.4, -0.2) is 34.7 Å². The molecule has 1 heterocycles. The van der Waals surface area contributed by atoms with Gasteiger partial charge in [-0.1, -0.05) is 22.9 Å². The first-order valence-electron chi connectivity index (χ1n) is 7.34. The Morgan fingerprint density at radius 3 is 2.55 bits per heavy atom. The van der Waals surface area contributed by atoms with Gasteiger partial charge in [-0.25, -0.2) is 4.39 Å². The Balaban J connectivity index is 2.14. The highest BCUT2D eigenvalue weighted by atomic mass is 79.9. The van der Waals surface area contributed by atoms with Gasteiger partial charge in [0.1, 0.15) is 5.82 Å². The van der Waals surface area contributed by atoms with Gasteiger partial charge in [0.15, 0.2) is 0 Å². The molecule has 1 N–H and O–H groups in total. The van der Waals surface area contributed by atoms with Crippen molar-refractivity contribution in [3.05, 3.63) is 34.1 Å². The van der Waals surface area contributed by atoms with Crippen LogP contribution < -0.4 is 0 Å². The summed E-state index contributed by atoms with van der Waals surface area (Å²) in [6, 6.07) is 4.83. The van der Waals surface area contributed by atoms with Crippen LogP contribution in [-0.2, 0) is 6.42 Å². The summed E-state index contributed by atoms with van der Waals surface area (Å²) >= 11 is 3.30. The number of hydrogen-bond acceptors (Lipinski definition) is 2. The van der Waals surface area contributed by atoms with Gasteiger partial charge in [0.2, 0.25) is 0 Å². The normalized spacial score (nSPS) is 20.9. The molecule has 20 heavy (non-hydrogen) atoms. The maximum Gasteiger partial charge on any atom is 0.124 e. The first kappa shape index (κ1) is 15.9. The third kappa shape index (κ3) is 3.41. The van der Waals surface area contributed by atoms with Crippen LogP contribution in [0.5, 0.6) is 0 Å². The van der Waals surface area contributed by atoms with Gasteiger partial charge in [-0.05, 0) is 63.0 Å². The molecule has 1 aromatic rings. The van der Waals surface area contributed by atoms with Crippen LogP contribution in [0.3, 0.4) is 0 Å². The second kappa shape index (κ2) is 6.54. The predicted octanol–water partition coefficient (Wildman–Crippen LogP) is 3.76. The average molecular weight is 344 g/mol. The Morgan fingerprint density at radius 1 is 1.35 bits per heavy atom. The third-order valence-corrected chi connectivity index (χ3v) is 5.07. The molecule has 0 radical (unpaired) electrons. The third-order valence-electron chi connectivity index (χ3n) is 4.61. The molecule has 112 valence electrons. The highest BCUT2D eigenvalue weighted by molar-refractivity contribution is 9.10. The number of likely N-dealkylation sites (tertiary alicyclic amines) is 1. The largest absolute Gasteiger partial charge is 0.391 e. The Bertz CT molecular complexity index is 442. The zero-order valence-corrected chi connectivity index (χ0v) is 13.8. The summed E-state index contributed by atoms with van der Waals surface area (Å²) in [4.78, 5) is 2.38. The van der Waals surface area contributed by atoms with Crippen molar-refractivity contribution in [3.63, 3.8) is 0 Å². The molecule has 2 atom stereocenters. The fraction of sp³-hybridized carbons (Fsp3) is 0.625. The highest BCUT2D eigenvalue weighted by Gasteiger charge is 2.38. The van der Waals surface area contributed by atoms with E-state index >= 15 is 0 Å². The summed E-state index contributed by atoms with van der Waals surface area (Å²) in [6.45, 7) is 6.34. The molecule has 1 saturated heterocycles. The lowest BCUT2D eigenvalue weighted by atomic mass is 9.86. The van der Waals surface area contributed by atoms with Crippen molar-refractivity contribution in [3.8, 4) is 0 Å². The lowest BCUT2D eigenvalue weighted by Gasteiger charge is -2.42. The molecule has 2 rings (SSSR count). The van der Waals surface area contributed by atoms with Crippen molar-refractivity contribution in [1.82, 2.24) is 4.90 Å². The second-order valence-electron chi connectivity index (χ2n) is 5.90. The summed E-state index contributed by atoms with van der Waals surface area (Å²) in [6.07, 6.45) is 3.29. The van der Waals surface area contributed by atoms with Crippen molar-refractivity contribution >= 4 is 15.9 Å². The molecule has 1 aliphatic rings. The van der Waals surface area contributed by atoms with Crippen LogP contribution in [0.1, 0.15) is 38.7 Å². The van der Waals surface area contributed by atoms with Crippen molar-refractivity contribution < 1.29 is 9.50 Å². The number of nitrogens with zero attached hydrogens (tertiary/aromatic N) is 1. The Kier molecular flexibility index (Phi) is 5.21. The number of halogens is 2. The molecule has 0 spiro atoms. The van der Waals surface area contributed by atoms with E-state index in [1.807, 2.05) is 6.07 Å². The lowest BCUT2D eigenvalue weighted by Crippen LogP contribution is -2.53. The summed E-state index contributed by atoms with van der Waals surface area (Å²) in [7, 11) is 0. The number of benzene rings is 1. The zero-order valence-electron chi connectivity index (χ0n) is 12.2. The summed E-state index contributed by atoms with van der Waals surface area (Å²) in [5.74, 6) is -0.263. The Morgan fingerprint density at radius 2 is 2.00 bits per heavy atom. The molecule has 1 fully saturated rings. The summed E-state index contributed by atoms with van der Waals surface area (Å²) in [5.41, 5.74) is 0.609. The van der Waals surface area contributed by atoms with E-state index in [0.29, 0.717) is 6.42 Å². The van der Waals surface area contributed by atoms with Gasteiger partial charge >= 0.3 is 0 Å². The van der Waals surface area contributed by atoms with Crippen molar-refractivity contribution in [2.75, 3.05) is 13.1 Å². The Hall–Kier alpha value is -0.450. The zero-order chi connectivity index (χ0) is 14.8. The lowest BCUT2D eigenvalue weighted by molar-refractivity contribution is -0.0117. The minimum atomic E-state index is -0.487. The standard InChI is InChI=1S/C16H23BrFNO/c1-3-16(2,19-6-4-5-7-19)15(20)10-12-8-13(17)11-14(18)9-12/h8-9,11,15,20H,3-7,10H2,1-2H3. The smallest absolute Gasteiger partial charge is 0.124 e. The molecule has 0 bridgehead atoms. The van der Waals surface area contributed by atoms with Crippen LogP contribution in [0.2, 0.25) is 0 Å². The molecule has 4 heteroatoms. The first-order valence-corrected chi connectivity index (χ1v) is 8.13. The maximum atomic E-state index is 13.4. The van der Waals surface area contributed by atoms with Crippen LogP contribution in [0.15, 0.2) is 22.7 Å². The van der Waals surface area contributed by atoms with E-state index < -0.39 is 6.10 Å². The maximum absolute atomic E-state index is 13.4. The summed E-state index contributed by atoms with van der Waals surface area (Å²) in [5, 5.41) is 10.7. The van der Waals surface area contributed by atoms with Crippen LogP contribution >= 0.6 is 15.9 Å². The molecule has 0 aromatic heterocycles. The highest BCUT2D eigenvalue weighted by Crippen LogP contribution is 2.30. The van der Waals surface area contributed by atoms with E-state index in [4.69, 9.17) is 0 Å². The molecule has 0 aliphatic carbocycles. The number of aliphatic hydroxyl groups is 1. The van der Waals surface area contributed by atoms with E-state index in [1.165, 1.54) is 25.0 Å². The molecule has 0 amide bonds. The average Bonchev–Trinajstić information content (AvgIpc) is 2.90. The van der Waals surface area contributed by atoms with Gasteiger partial charge in [-0.15, -0.1) is 0 Å². The van der Waals surface area contributed by atoms with E-state index in [0.717, 1.165) is 29.5 Å². The van der Waals surface area contributed by atoms with Gasteiger partial charge < -0.3 is 5.11 Å². The van der Waals surface area contributed by atoms with Crippen molar-refractivity contribution in [2.45, 2.75) is 51.2 Å². The quantitative estimate of drug-likeness (QED) is 0.879. The predicted molar refractivity (Wildman–Crippen MR) is 83.3 cm³/mol. The van der Waals surface area contributed by atoms with Crippen molar-refractivity contribution in [2.24, 2.45) is 0 Å². The fourth-order valence-corrected chi connectivity index (χ4v) is 3.58. The minimum Gasteiger partial charge on any atom is -0.391 e. The second-order valence-corrected chi connectivity index (χ2v) is 6.82. The van der Waals surface area contributed by atoms with E-state index in [1.54, 1.807) is 0 Å². The molecular formula is C16H23BrFNO. The van der Waals surface area contributed by atoms with Gasteiger partial charge in [0.25, 0.3) is 0 Å².